The molecule has 2 amide bonds. The largest absolute Gasteiger partial charge is 0.385 e. The van der Waals surface area contributed by atoms with E-state index in [1.807, 2.05) is 35.4 Å². The van der Waals surface area contributed by atoms with E-state index in [1.54, 1.807) is 24.1 Å². The summed E-state index contributed by atoms with van der Waals surface area (Å²) in [6, 6.07) is 24.0. The zero-order valence-electron chi connectivity index (χ0n) is 24.5. The topological polar surface area (TPSA) is 65.6 Å². The molecule has 0 radical (unpaired) electrons. The molecule has 1 heterocycles. The van der Waals surface area contributed by atoms with Crippen molar-refractivity contribution < 1.29 is 14.3 Å². The molecule has 7 heteroatoms. The minimum absolute atomic E-state index is 0.00300. The number of H-pyrrole nitrogens is 1. The Hall–Kier alpha value is -3.42. The van der Waals surface area contributed by atoms with Crippen LogP contribution in [0.2, 0.25) is 0 Å². The first-order chi connectivity index (χ1) is 19.7. The van der Waals surface area contributed by atoms with Crippen molar-refractivity contribution in [3.63, 3.8) is 0 Å². The van der Waals surface area contributed by atoms with E-state index in [4.69, 9.17) is 4.74 Å². The number of nitrogens with one attached hydrogen (secondary N) is 1. The van der Waals surface area contributed by atoms with E-state index in [9.17, 15) is 9.59 Å². The molecular formula is C34H40BrN3O3. The molecule has 41 heavy (non-hydrogen) atoms. The van der Waals surface area contributed by atoms with E-state index < -0.39 is 0 Å². The number of hydrogen-bond acceptors (Lipinski definition) is 3. The standard InChI is InChI=1S/C34H40BrN3O3/c1-34(2,3)28-15-13-25(14-16-28)23-37(19-17-27-22-36-31-12-6-5-11-30(27)31)32(39)24-38(18-8-20-41-4)33(40)26-9-7-10-29(35)21-26/h5-7,9-16,21-22,36H,8,17-20,23-24H2,1-4H3. The zero-order chi connectivity index (χ0) is 29.4. The van der Waals surface area contributed by atoms with Gasteiger partial charge in [-0.05, 0) is 59.2 Å². The van der Waals surface area contributed by atoms with Gasteiger partial charge >= 0.3 is 0 Å². The van der Waals surface area contributed by atoms with E-state index >= 15 is 0 Å². The first kappa shape index (κ1) is 30.5. The van der Waals surface area contributed by atoms with E-state index in [-0.39, 0.29) is 23.8 Å². The van der Waals surface area contributed by atoms with Crippen molar-refractivity contribution in [3.8, 4) is 0 Å². The Morgan fingerprint density at radius 3 is 2.39 bits per heavy atom. The number of rotatable bonds is 12. The number of nitrogens with zero attached hydrogens (tertiary/aromatic N) is 2. The van der Waals surface area contributed by atoms with Gasteiger partial charge in [0.05, 0.1) is 0 Å². The Balaban J connectivity index is 1.56. The number of carbonyl (C=O) groups excluding carboxylic acids is 2. The van der Waals surface area contributed by atoms with Gasteiger partial charge < -0.3 is 19.5 Å². The van der Waals surface area contributed by atoms with Crippen molar-refractivity contribution in [2.45, 2.75) is 45.6 Å². The van der Waals surface area contributed by atoms with Crippen molar-refractivity contribution >= 4 is 38.6 Å². The predicted octanol–water partition coefficient (Wildman–Crippen LogP) is 6.98. The highest BCUT2D eigenvalue weighted by Gasteiger charge is 2.23. The number of methoxy groups -OCH3 is 1. The Morgan fingerprint density at radius 1 is 0.927 bits per heavy atom. The third-order valence-electron chi connectivity index (χ3n) is 7.33. The lowest BCUT2D eigenvalue weighted by atomic mass is 9.87. The number of ether oxygens (including phenoxy) is 1. The van der Waals surface area contributed by atoms with Crippen LogP contribution in [0.15, 0.2) is 83.5 Å². The lowest BCUT2D eigenvalue weighted by Gasteiger charge is -2.28. The minimum Gasteiger partial charge on any atom is -0.385 e. The van der Waals surface area contributed by atoms with Gasteiger partial charge in [-0.3, -0.25) is 9.59 Å². The van der Waals surface area contributed by atoms with E-state index in [1.165, 1.54) is 16.5 Å². The van der Waals surface area contributed by atoms with Crippen LogP contribution < -0.4 is 0 Å². The third kappa shape index (κ3) is 8.30. The molecule has 0 unspecified atom stereocenters. The molecule has 1 aromatic heterocycles. The second-order valence-electron chi connectivity index (χ2n) is 11.5. The number of fused-ring (bicyclic) bond motifs is 1. The summed E-state index contributed by atoms with van der Waals surface area (Å²) in [7, 11) is 1.64. The Kier molecular flexibility index (Phi) is 10.4. The quantitative estimate of drug-likeness (QED) is 0.174. The highest BCUT2D eigenvalue weighted by molar-refractivity contribution is 9.10. The van der Waals surface area contributed by atoms with Crippen LogP contribution in [0.25, 0.3) is 10.9 Å². The van der Waals surface area contributed by atoms with E-state index in [2.05, 4.69) is 78.1 Å². The molecule has 0 atom stereocenters. The summed E-state index contributed by atoms with van der Waals surface area (Å²) >= 11 is 3.46. The molecule has 3 aromatic carbocycles. The van der Waals surface area contributed by atoms with Crippen LogP contribution in [0.1, 0.15) is 54.2 Å². The van der Waals surface area contributed by atoms with Crippen LogP contribution in [-0.4, -0.2) is 59.9 Å². The minimum atomic E-state index is -0.165. The van der Waals surface area contributed by atoms with Crippen molar-refractivity contribution in [1.82, 2.24) is 14.8 Å². The molecule has 1 N–H and O–H groups in total. The second kappa shape index (κ2) is 14.0. The highest BCUT2D eigenvalue weighted by Crippen LogP contribution is 2.23. The fourth-order valence-electron chi connectivity index (χ4n) is 4.94. The van der Waals surface area contributed by atoms with Gasteiger partial charge in [-0.15, -0.1) is 0 Å². The third-order valence-corrected chi connectivity index (χ3v) is 7.83. The zero-order valence-corrected chi connectivity index (χ0v) is 26.0. The first-order valence-electron chi connectivity index (χ1n) is 14.1. The molecule has 0 bridgehead atoms. The average Bonchev–Trinajstić information content (AvgIpc) is 3.37. The molecule has 0 saturated carbocycles. The monoisotopic (exact) mass is 617 g/mol. The van der Waals surface area contributed by atoms with Crippen LogP contribution in [0, 0.1) is 0 Å². The SMILES string of the molecule is COCCCN(CC(=O)N(CCc1c[nH]c2ccccc12)Cc1ccc(C(C)(C)C)cc1)C(=O)c1cccc(Br)c1. The lowest BCUT2D eigenvalue weighted by molar-refractivity contribution is -0.132. The van der Waals surface area contributed by atoms with Crippen molar-refractivity contribution in [2.24, 2.45) is 0 Å². The molecule has 0 aliphatic rings. The summed E-state index contributed by atoms with van der Waals surface area (Å²) in [5, 5.41) is 1.17. The van der Waals surface area contributed by atoms with Crippen LogP contribution in [0.3, 0.4) is 0 Å². The van der Waals surface area contributed by atoms with Gasteiger partial charge in [0.15, 0.2) is 0 Å². The van der Waals surface area contributed by atoms with E-state index in [0.717, 1.165) is 15.6 Å². The molecular weight excluding hydrogens is 578 g/mol. The number of benzene rings is 3. The lowest BCUT2D eigenvalue weighted by Crippen LogP contribution is -2.44. The maximum Gasteiger partial charge on any atom is 0.254 e. The maximum absolute atomic E-state index is 13.9. The number of para-hydroxylation sites is 1. The Labute approximate surface area is 251 Å². The van der Waals surface area contributed by atoms with Crippen LogP contribution in [-0.2, 0) is 27.9 Å². The van der Waals surface area contributed by atoms with Crippen molar-refractivity contribution in [3.05, 3.63) is 106 Å². The van der Waals surface area contributed by atoms with Gasteiger partial charge in [-0.1, -0.05) is 85.2 Å². The summed E-state index contributed by atoms with van der Waals surface area (Å²) in [5.74, 6) is -0.243. The first-order valence-corrected chi connectivity index (χ1v) is 14.9. The average molecular weight is 619 g/mol. The molecule has 0 aliphatic carbocycles. The van der Waals surface area contributed by atoms with Crippen LogP contribution in [0.4, 0.5) is 0 Å². The number of carbonyl (C=O) groups is 2. The van der Waals surface area contributed by atoms with Crippen molar-refractivity contribution in [1.29, 1.82) is 0 Å². The summed E-state index contributed by atoms with van der Waals surface area (Å²) in [6.07, 6.45) is 3.38. The molecule has 0 spiro atoms. The summed E-state index contributed by atoms with van der Waals surface area (Å²) in [4.78, 5) is 34.3. The van der Waals surface area contributed by atoms with E-state index in [0.29, 0.717) is 44.6 Å². The molecule has 4 rings (SSSR count). The number of hydrogen-bond donors (Lipinski definition) is 1. The molecule has 0 fully saturated rings. The molecule has 6 nitrogen and oxygen atoms in total. The number of halogens is 1. The van der Waals surface area contributed by atoms with Crippen LogP contribution >= 0.6 is 15.9 Å². The summed E-state index contributed by atoms with van der Waals surface area (Å²) < 4.78 is 6.06. The van der Waals surface area contributed by atoms with Gasteiger partial charge in [0.25, 0.3) is 5.91 Å². The fourth-order valence-corrected chi connectivity index (χ4v) is 5.34. The van der Waals surface area contributed by atoms with Gasteiger partial charge in [0, 0.05) is 60.5 Å². The maximum atomic E-state index is 13.9. The molecule has 0 aliphatic heterocycles. The summed E-state index contributed by atoms with van der Waals surface area (Å²) in [6.45, 7) is 8.55. The van der Waals surface area contributed by atoms with Gasteiger partial charge in [-0.25, -0.2) is 0 Å². The number of aromatic nitrogens is 1. The Morgan fingerprint density at radius 2 is 1.68 bits per heavy atom. The van der Waals surface area contributed by atoms with Crippen molar-refractivity contribution in [2.75, 3.05) is 33.4 Å². The number of aromatic amines is 1. The van der Waals surface area contributed by atoms with Gasteiger partial charge in [0.2, 0.25) is 5.91 Å². The Bertz CT molecular complexity index is 1460. The predicted molar refractivity (Wildman–Crippen MR) is 169 cm³/mol. The second-order valence-corrected chi connectivity index (χ2v) is 12.4. The van der Waals surface area contributed by atoms with Gasteiger partial charge in [0.1, 0.15) is 6.54 Å². The summed E-state index contributed by atoms with van der Waals surface area (Å²) in [5.41, 5.74) is 5.17. The number of amides is 2. The molecule has 4 aromatic rings. The smallest absolute Gasteiger partial charge is 0.254 e. The van der Waals surface area contributed by atoms with Crippen LogP contribution in [0.5, 0.6) is 0 Å². The van der Waals surface area contributed by atoms with Gasteiger partial charge in [-0.2, -0.15) is 0 Å². The fraction of sp³-hybridized carbons (Fsp3) is 0.353. The molecule has 216 valence electrons. The highest BCUT2D eigenvalue weighted by atomic mass is 79.9. The molecule has 0 saturated heterocycles. The normalized spacial score (nSPS) is 11.5.